The normalized spacial score (nSPS) is 24.1. The van der Waals surface area contributed by atoms with Gasteiger partial charge < -0.3 is 15.2 Å². The standard InChI is InChI=1S/C17H25NO3/c1-21-16(13-8-4-2-5-9-13)17(20)18-15-11-7-3-6-10-14(15)12-19/h2,4-5,8-9,14-16,19H,3,6-7,10-12H2,1H3,(H,18,20)/t14-,15-,16-/m1/s1. The van der Waals surface area contributed by atoms with Gasteiger partial charge in [0.1, 0.15) is 0 Å². The van der Waals surface area contributed by atoms with E-state index in [2.05, 4.69) is 5.32 Å². The van der Waals surface area contributed by atoms with Gasteiger partial charge >= 0.3 is 0 Å². The van der Waals surface area contributed by atoms with E-state index in [9.17, 15) is 9.90 Å². The van der Waals surface area contributed by atoms with E-state index in [0.29, 0.717) is 0 Å². The van der Waals surface area contributed by atoms with E-state index >= 15 is 0 Å². The first kappa shape index (κ1) is 16.0. The van der Waals surface area contributed by atoms with Crippen LogP contribution in [0.5, 0.6) is 0 Å². The zero-order chi connectivity index (χ0) is 15.1. The minimum Gasteiger partial charge on any atom is -0.396 e. The lowest BCUT2D eigenvalue weighted by atomic mass is 9.95. The first-order valence-corrected chi connectivity index (χ1v) is 7.75. The number of amides is 1. The maximum absolute atomic E-state index is 12.5. The Morgan fingerprint density at radius 2 is 2.00 bits per heavy atom. The SMILES string of the molecule is CO[C@@H](C(=O)N[C@@H]1CCCCC[C@@H]1CO)c1ccccc1. The average Bonchev–Trinajstić information content (AvgIpc) is 2.74. The highest BCUT2D eigenvalue weighted by molar-refractivity contribution is 5.82. The zero-order valence-corrected chi connectivity index (χ0v) is 12.6. The summed E-state index contributed by atoms with van der Waals surface area (Å²) in [5.74, 6) is 0.0405. The van der Waals surface area contributed by atoms with Crippen LogP contribution in [-0.2, 0) is 9.53 Å². The van der Waals surface area contributed by atoms with Gasteiger partial charge in [0.15, 0.2) is 6.10 Å². The van der Waals surface area contributed by atoms with Gasteiger partial charge in [0.05, 0.1) is 0 Å². The molecule has 0 aliphatic heterocycles. The van der Waals surface area contributed by atoms with E-state index in [1.165, 1.54) is 6.42 Å². The number of rotatable bonds is 5. The highest BCUT2D eigenvalue weighted by Crippen LogP contribution is 2.24. The number of carbonyl (C=O) groups excluding carboxylic acids is 1. The highest BCUT2D eigenvalue weighted by atomic mass is 16.5. The fraction of sp³-hybridized carbons (Fsp3) is 0.588. The summed E-state index contributed by atoms with van der Waals surface area (Å²) in [5.41, 5.74) is 0.853. The number of ether oxygens (including phenoxy) is 1. The molecule has 1 aliphatic carbocycles. The first-order valence-electron chi connectivity index (χ1n) is 7.75. The van der Waals surface area contributed by atoms with Crippen molar-refractivity contribution >= 4 is 5.91 Å². The van der Waals surface area contributed by atoms with Gasteiger partial charge in [0.2, 0.25) is 0 Å². The van der Waals surface area contributed by atoms with Crippen molar-refractivity contribution < 1.29 is 14.6 Å². The van der Waals surface area contributed by atoms with Crippen molar-refractivity contribution in [3.05, 3.63) is 35.9 Å². The fourth-order valence-electron chi connectivity index (χ4n) is 3.07. The van der Waals surface area contributed by atoms with E-state index in [0.717, 1.165) is 31.2 Å². The lowest BCUT2D eigenvalue weighted by molar-refractivity contribution is -0.132. The summed E-state index contributed by atoms with van der Waals surface area (Å²) in [6.07, 6.45) is 4.73. The van der Waals surface area contributed by atoms with Crippen LogP contribution < -0.4 is 5.32 Å². The van der Waals surface area contributed by atoms with Crippen molar-refractivity contribution in [2.75, 3.05) is 13.7 Å². The largest absolute Gasteiger partial charge is 0.396 e. The second kappa shape index (κ2) is 8.15. The van der Waals surface area contributed by atoms with Crippen LogP contribution in [0.1, 0.15) is 43.8 Å². The average molecular weight is 291 g/mol. The summed E-state index contributed by atoms with van der Waals surface area (Å²) in [6.45, 7) is 0.133. The van der Waals surface area contributed by atoms with Crippen molar-refractivity contribution in [3.63, 3.8) is 0 Å². The summed E-state index contributed by atoms with van der Waals surface area (Å²) in [7, 11) is 1.55. The van der Waals surface area contributed by atoms with Crippen molar-refractivity contribution in [3.8, 4) is 0 Å². The minimum absolute atomic E-state index is 0.0476. The molecule has 0 aromatic heterocycles. The molecule has 0 radical (unpaired) electrons. The quantitative estimate of drug-likeness (QED) is 0.819. The van der Waals surface area contributed by atoms with Crippen LogP contribution in [0.4, 0.5) is 0 Å². The Labute approximate surface area is 126 Å². The summed E-state index contributed by atoms with van der Waals surface area (Å²) in [5, 5.41) is 12.6. The van der Waals surface area contributed by atoms with E-state index < -0.39 is 6.10 Å². The number of carbonyl (C=O) groups is 1. The van der Waals surface area contributed by atoms with Crippen molar-refractivity contribution in [2.24, 2.45) is 5.92 Å². The number of hydrogen-bond donors (Lipinski definition) is 2. The lowest BCUT2D eigenvalue weighted by Gasteiger charge is -2.26. The Morgan fingerprint density at radius 3 is 2.67 bits per heavy atom. The number of methoxy groups -OCH3 is 1. The number of benzene rings is 1. The monoisotopic (exact) mass is 291 g/mol. The van der Waals surface area contributed by atoms with E-state index in [4.69, 9.17) is 4.74 Å². The highest BCUT2D eigenvalue weighted by Gasteiger charge is 2.28. The van der Waals surface area contributed by atoms with Crippen LogP contribution in [0.25, 0.3) is 0 Å². The molecule has 0 spiro atoms. The zero-order valence-electron chi connectivity index (χ0n) is 12.6. The summed E-state index contributed by atoms with van der Waals surface area (Å²) in [6, 6.07) is 9.55. The Kier molecular flexibility index (Phi) is 6.21. The summed E-state index contributed by atoms with van der Waals surface area (Å²) >= 11 is 0. The smallest absolute Gasteiger partial charge is 0.253 e. The summed E-state index contributed by atoms with van der Waals surface area (Å²) < 4.78 is 5.37. The van der Waals surface area contributed by atoms with Gasteiger partial charge in [-0.25, -0.2) is 0 Å². The van der Waals surface area contributed by atoms with Crippen LogP contribution in [0.2, 0.25) is 0 Å². The van der Waals surface area contributed by atoms with Crippen LogP contribution in [0.3, 0.4) is 0 Å². The number of aliphatic hydroxyl groups excluding tert-OH is 1. The molecule has 0 unspecified atom stereocenters. The van der Waals surface area contributed by atoms with Gasteiger partial charge in [0.25, 0.3) is 5.91 Å². The Hall–Kier alpha value is -1.39. The maximum Gasteiger partial charge on any atom is 0.253 e. The molecule has 2 N–H and O–H groups in total. The third-order valence-electron chi connectivity index (χ3n) is 4.30. The minimum atomic E-state index is -0.589. The molecule has 1 saturated carbocycles. The van der Waals surface area contributed by atoms with Gasteiger partial charge in [-0.1, -0.05) is 49.6 Å². The third-order valence-corrected chi connectivity index (χ3v) is 4.30. The number of aliphatic hydroxyl groups is 1. The molecule has 2 rings (SSSR count). The predicted octanol–water partition coefficient (Wildman–Crippen LogP) is 2.43. The molecule has 0 bridgehead atoms. The molecule has 0 heterocycles. The second-order valence-electron chi connectivity index (χ2n) is 5.72. The molecule has 1 aliphatic rings. The lowest BCUT2D eigenvalue weighted by Crippen LogP contribution is -2.43. The number of nitrogens with one attached hydrogen (secondary N) is 1. The van der Waals surface area contributed by atoms with E-state index in [1.54, 1.807) is 7.11 Å². The second-order valence-corrected chi connectivity index (χ2v) is 5.72. The van der Waals surface area contributed by atoms with Gasteiger partial charge in [-0.3, -0.25) is 4.79 Å². The fourth-order valence-corrected chi connectivity index (χ4v) is 3.07. The van der Waals surface area contributed by atoms with Crippen LogP contribution in [-0.4, -0.2) is 30.8 Å². The van der Waals surface area contributed by atoms with Gasteiger partial charge in [-0.05, 0) is 18.4 Å². The molecule has 1 aromatic carbocycles. The molecule has 1 fully saturated rings. The van der Waals surface area contributed by atoms with Gasteiger partial charge in [-0.15, -0.1) is 0 Å². The molecule has 4 heteroatoms. The molecule has 21 heavy (non-hydrogen) atoms. The maximum atomic E-state index is 12.5. The van der Waals surface area contributed by atoms with Gasteiger partial charge in [-0.2, -0.15) is 0 Å². The van der Waals surface area contributed by atoms with Crippen LogP contribution in [0, 0.1) is 5.92 Å². The Balaban J connectivity index is 2.04. The molecule has 116 valence electrons. The van der Waals surface area contributed by atoms with Crippen LogP contribution in [0.15, 0.2) is 30.3 Å². The third kappa shape index (κ3) is 4.29. The predicted molar refractivity (Wildman–Crippen MR) is 81.8 cm³/mol. The molecular formula is C17H25NO3. The molecule has 3 atom stereocenters. The Morgan fingerprint density at radius 1 is 1.29 bits per heavy atom. The van der Waals surface area contributed by atoms with Crippen molar-refractivity contribution in [2.45, 2.75) is 44.2 Å². The topological polar surface area (TPSA) is 58.6 Å². The summed E-state index contributed by atoms with van der Waals surface area (Å²) in [4.78, 5) is 12.5. The number of hydrogen-bond acceptors (Lipinski definition) is 3. The molecule has 4 nitrogen and oxygen atoms in total. The molecule has 1 aromatic rings. The van der Waals surface area contributed by atoms with Gasteiger partial charge in [0, 0.05) is 25.7 Å². The van der Waals surface area contributed by atoms with E-state index in [-0.39, 0.29) is 24.5 Å². The molecule has 0 saturated heterocycles. The van der Waals surface area contributed by atoms with Crippen molar-refractivity contribution in [1.82, 2.24) is 5.32 Å². The van der Waals surface area contributed by atoms with Crippen molar-refractivity contribution in [1.29, 1.82) is 0 Å². The Bertz CT molecular complexity index is 435. The van der Waals surface area contributed by atoms with Crippen LogP contribution >= 0.6 is 0 Å². The van der Waals surface area contributed by atoms with E-state index in [1.807, 2.05) is 30.3 Å². The first-order chi connectivity index (χ1) is 10.3. The molecular weight excluding hydrogens is 266 g/mol. The molecule has 1 amide bonds.